The van der Waals surface area contributed by atoms with E-state index in [1.54, 1.807) is 13.8 Å². The van der Waals surface area contributed by atoms with Crippen LogP contribution in [0.5, 0.6) is 0 Å². The molecule has 2 atom stereocenters. The van der Waals surface area contributed by atoms with Crippen molar-refractivity contribution in [2.75, 3.05) is 0 Å². The highest BCUT2D eigenvalue weighted by Crippen LogP contribution is 2.17. The van der Waals surface area contributed by atoms with Crippen molar-refractivity contribution in [3.8, 4) is 0 Å². The maximum absolute atomic E-state index is 13.6. The lowest BCUT2D eigenvalue weighted by atomic mass is 10.1. The van der Waals surface area contributed by atoms with Gasteiger partial charge >= 0.3 is 0 Å². The molecule has 1 fully saturated rings. The lowest BCUT2D eigenvalue weighted by Gasteiger charge is -2.36. The Morgan fingerprint density at radius 3 is 2.63 bits per heavy atom. The molecule has 1 aliphatic rings. The molecule has 1 aromatic rings. The molecular formula is C13H14F2N2O2. The van der Waals surface area contributed by atoms with Crippen LogP contribution in [-0.2, 0) is 16.1 Å². The van der Waals surface area contributed by atoms with Gasteiger partial charge in [0.15, 0.2) is 0 Å². The lowest BCUT2D eigenvalue weighted by molar-refractivity contribution is -0.148. The van der Waals surface area contributed by atoms with Gasteiger partial charge in [-0.1, -0.05) is 0 Å². The fourth-order valence-corrected chi connectivity index (χ4v) is 2.04. The smallest absolute Gasteiger partial charge is 0.245 e. The van der Waals surface area contributed by atoms with Crippen LogP contribution in [-0.4, -0.2) is 28.8 Å². The first-order valence-electron chi connectivity index (χ1n) is 5.95. The summed E-state index contributed by atoms with van der Waals surface area (Å²) in [7, 11) is 0. The zero-order valence-corrected chi connectivity index (χ0v) is 10.6. The number of hydrogen-bond acceptors (Lipinski definition) is 2. The summed E-state index contributed by atoms with van der Waals surface area (Å²) in [6.45, 7) is 2.98. The van der Waals surface area contributed by atoms with Crippen LogP contribution in [0.4, 0.5) is 8.78 Å². The summed E-state index contributed by atoms with van der Waals surface area (Å²) in [5.41, 5.74) is 0.0575. The van der Waals surface area contributed by atoms with Crippen LogP contribution < -0.4 is 5.32 Å². The van der Waals surface area contributed by atoms with Gasteiger partial charge in [0.1, 0.15) is 23.7 Å². The normalized spacial score (nSPS) is 23.5. The minimum absolute atomic E-state index is 0.0575. The molecule has 0 aliphatic carbocycles. The van der Waals surface area contributed by atoms with Crippen LogP contribution in [0.2, 0.25) is 0 Å². The predicted molar refractivity (Wildman–Crippen MR) is 64.0 cm³/mol. The van der Waals surface area contributed by atoms with E-state index in [4.69, 9.17) is 0 Å². The van der Waals surface area contributed by atoms with E-state index in [1.807, 2.05) is 0 Å². The zero-order chi connectivity index (χ0) is 14.2. The molecule has 1 aromatic carbocycles. The van der Waals surface area contributed by atoms with Crippen LogP contribution >= 0.6 is 0 Å². The van der Waals surface area contributed by atoms with E-state index in [-0.39, 0.29) is 23.9 Å². The SMILES string of the molecule is CC1NC(=O)C(C)N(Cc2cc(F)ccc2F)C1=O. The van der Waals surface area contributed by atoms with Gasteiger partial charge < -0.3 is 10.2 Å². The first-order chi connectivity index (χ1) is 8.90. The number of carbonyl (C=O) groups is 2. The van der Waals surface area contributed by atoms with E-state index in [2.05, 4.69) is 5.32 Å². The number of nitrogens with one attached hydrogen (secondary N) is 1. The van der Waals surface area contributed by atoms with Crippen LogP contribution in [0.15, 0.2) is 18.2 Å². The molecule has 0 aromatic heterocycles. The van der Waals surface area contributed by atoms with Gasteiger partial charge in [0.25, 0.3) is 0 Å². The monoisotopic (exact) mass is 268 g/mol. The van der Waals surface area contributed by atoms with E-state index in [0.717, 1.165) is 18.2 Å². The molecule has 2 rings (SSSR count). The molecule has 4 nitrogen and oxygen atoms in total. The summed E-state index contributed by atoms with van der Waals surface area (Å²) >= 11 is 0. The third-order valence-electron chi connectivity index (χ3n) is 3.21. The Hall–Kier alpha value is -1.98. The Balaban J connectivity index is 2.27. The lowest BCUT2D eigenvalue weighted by Crippen LogP contribution is -2.61. The highest BCUT2D eigenvalue weighted by Gasteiger charge is 2.35. The third-order valence-corrected chi connectivity index (χ3v) is 3.21. The average Bonchev–Trinajstić information content (AvgIpc) is 2.36. The number of rotatable bonds is 2. The average molecular weight is 268 g/mol. The molecule has 2 unspecified atom stereocenters. The Kier molecular flexibility index (Phi) is 3.50. The van der Waals surface area contributed by atoms with Gasteiger partial charge in [-0.05, 0) is 32.0 Å². The molecule has 0 radical (unpaired) electrons. The molecule has 1 aliphatic heterocycles. The van der Waals surface area contributed by atoms with Crippen LogP contribution in [0.1, 0.15) is 19.4 Å². The second kappa shape index (κ2) is 4.95. The second-order valence-electron chi connectivity index (χ2n) is 4.61. The molecule has 1 heterocycles. The highest BCUT2D eigenvalue weighted by molar-refractivity contribution is 5.96. The number of hydrogen-bond donors (Lipinski definition) is 1. The van der Waals surface area contributed by atoms with Gasteiger partial charge in [0, 0.05) is 12.1 Å². The summed E-state index contributed by atoms with van der Waals surface area (Å²) in [5, 5.41) is 2.52. The molecule has 102 valence electrons. The molecule has 0 bridgehead atoms. The topological polar surface area (TPSA) is 49.4 Å². The molecule has 1 N–H and O–H groups in total. The fraction of sp³-hybridized carbons (Fsp3) is 0.385. The molecular weight excluding hydrogens is 254 g/mol. The Bertz CT molecular complexity index is 533. The van der Waals surface area contributed by atoms with Crippen molar-refractivity contribution in [3.05, 3.63) is 35.4 Å². The maximum Gasteiger partial charge on any atom is 0.245 e. The van der Waals surface area contributed by atoms with E-state index >= 15 is 0 Å². The van der Waals surface area contributed by atoms with Gasteiger partial charge in [-0.25, -0.2) is 8.78 Å². The standard InChI is InChI=1S/C13H14F2N2O2/c1-7-13(19)17(8(2)12(18)16-7)6-9-5-10(14)3-4-11(9)15/h3-5,7-8H,6H2,1-2H3,(H,16,18). The van der Waals surface area contributed by atoms with Crippen molar-refractivity contribution >= 4 is 11.8 Å². The van der Waals surface area contributed by atoms with Crippen LogP contribution in [0.25, 0.3) is 0 Å². The highest BCUT2D eigenvalue weighted by atomic mass is 19.1. The minimum atomic E-state index is -0.702. The van der Waals surface area contributed by atoms with Crippen molar-refractivity contribution in [3.63, 3.8) is 0 Å². The number of nitrogens with zero attached hydrogens (tertiary/aromatic N) is 1. The van der Waals surface area contributed by atoms with Crippen molar-refractivity contribution in [1.82, 2.24) is 10.2 Å². The van der Waals surface area contributed by atoms with Crippen molar-refractivity contribution in [2.45, 2.75) is 32.5 Å². The predicted octanol–water partition coefficient (Wildman–Crippen LogP) is 1.20. The molecule has 0 saturated carbocycles. The number of carbonyl (C=O) groups excluding carboxylic acids is 2. The molecule has 6 heteroatoms. The van der Waals surface area contributed by atoms with E-state index < -0.39 is 23.7 Å². The summed E-state index contributed by atoms with van der Waals surface area (Å²) in [4.78, 5) is 24.9. The van der Waals surface area contributed by atoms with Gasteiger partial charge in [-0.3, -0.25) is 9.59 Å². The van der Waals surface area contributed by atoms with Crippen molar-refractivity contribution in [1.29, 1.82) is 0 Å². The Morgan fingerprint density at radius 2 is 1.95 bits per heavy atom. The zero-order valence-electron chi connectivity index (χ0n) is 10.6. The molecule has 2 amide bonds. The van der Waals surface area contributed by atoms with Gasteiger partial charge in [-0.2, -0.15) is 0 Å². The molecule has 1 saturated heterocycles. The first kappa shape index (κ1) is 13.5. The second-order valence-corrected chi connectivity index (χ2v) is 4.61. The van der Waals surface area contributed by atoms with Crippen LogP contribution in [0.3, 0.4) is 0 Å². The van der Waals surface area contributed by atoms with E-state index in [0.29, 0.717) is 0 Å². The molecule has 19 heavy (non-hydrogen) atoms. The minimum Gasteiger partial charge on any atom is -0.343 e. The Morgan fingerprint density at radius 1 is 1.26 bits per heavy atom. The Labute approximate surface area is 109 Å². The quantitative estimate of drug-likeness (QED) is 0.876. The van der Waals surface area contributed by atoms with Gasteiger partial charge in [0.2, 0.25) is 11.8 Å². The number of halogens is 2. The van der Waals surface area contributed by atoms with Crippen molar-refractivity contribution in [2.24, 2.45) is 0 Å². The first-order valence-corrected chi connectivity index (χ1v) is 5.95. The third kappa shape index (κ3) is 2.57. The van der Waals surface area contributed by atoms with E-state index in [1.165, 1.54) is 4.90 Å². The summed E-state index contributed by atoms with van der Waals surface area (Å²) in [5.74, 6) is -1.79. The summed E-state index contributed by atoms with van der Waals surface area (Å²) in [6.07, 6.45) is 0. The summed E-state index contributed by atoms with van der Waals surface area (Å²) < 4.78 is 26.7. The largest absolute Gasteiger partial charge is 0.343 e. The number of amides is 2. The van der Waals surface area contributed by atoms with Gasteiger partial charge in [0.05, 0.1) is 0 Å². The van der Waals surface area contributed by atoms with Gasteiger partial charge in [-0.15, -0.1) is 0 Å². The summed E-state index contributed by atoms with van der Waals surface area (Å²) in [6, 6.07) is 1.70. The maximum atomic E-state index is 13.6. The van der Waals surface area contributed by atoms with Crippen molar-refractivity contribution < 1.29 is 18.4 Å². The molecule has 0 spiro atoms. The number of benzene rings is 1. The van der Waals surface area contributed by atoms with E-state index in [9.17, 15) is 18.4 Å². The van der Waals surface area contributed by atoms with Crippen LogP contribution in [0, 0.1) is 11.6 Å². The number of piperazine rings is 1. The fourth-order valence-electron chi connectivity index (χ4n) is 2.04.